The summed E-state index contributed by atoms with van der Waals surface area (Å²) in [6.07, 6.45) is 3.37. The standard InChI is InChI=1S/C13H24N2O4/c1-3-5-6-7-12(17)15-10(8-9-11(14)16)13(18)19-4-2/h10H,3-9H2,1-2H3,(H2,14,16)(H,15,17). The normalized spacial score (nSPS) is 11.7. The second kappa shape index (κ2) is 10.3. The molecule has 110 valence electrons. The van der Waals surface area contributed by atoms with Crippen LogP contribution in [0.1, 0.15) is 52.4 Å². The van der Waals surface area contributed by atoms with Crippen LogP contribution in [0.3, 0.4) is 0 Å². The molecule has 19 heavy (non-hydrogen) atoms. The Morgan fingerprint density at radius 2 is 1.84 bits per heavy atom. The predicted octanol–water partition coefficient (Wildman–Crippen LogP) is 0.880. The molecule has 0 aliphatic rings. The first-order chi connectivity index (χ1) is 9.01. The number of unbranched alkanes of at least 4 members (excludes halogenated alkanes) is 2. The molecular weight excluding hydrogens is 248 g/mol. The van der Waals surface area contributed by atoms with Crippen LogP contribution in [0.25, 0.3) is 0 Å². The third-order valence-corrected chi connectivity index (χ3v) is 2.59. The minimum Gasteiger partial charge on any atom is -0.464 e. The Kier molecular flexibility index (Phi) is 9.48. The van der Waals surface area contributed by atoms with Crippen LogP contribution in [0.2, 0.25) is 0 Å². The molecule has 0 aliphatic heterocycles. The van der Waals surface area contributed by atoms with Crippen molar-refractivity contribution in [2.24, 2.45) is 5.73 Å². The lowest BCUT2D eigenvalue weighted by Crippen LogP contribution is -2.42. The van der Waals surface area contributed by atoms with E-state index < -0.39 is 17.9 Å². The van der Waals surface area contributed by atoms with Crippen LogP contribution >= 0.6 is 0 Å². The number of nitrogens with two attached hydrogens (primary N) is 1. The molecule has 1 atom stereocenters. The van der Waals surface area contributed by atoms with Gasteiger partial charge >= 0.3 is 5.97 Å². The van der Waals surface area contributed by atoms with E-state index in [-0.39, 0.29) is 25.4 Å². The number of hydrogen-bond donors (Lipinski definition) is 2. The molecule has 0 rings (SSSR count). The molecule has 0 aromatic carbocycles. The molecule has 0 saturated heterocycles. The number of hydrogen-bond acceptors (Lipinski definition) is 4. The second-order valence-corrected chi connectivity index (χ2v) is 4.33. The SMILES string of the molecule is CCCCCC(=O)NC(CCC(N)=O)C(=O)OCC. The van der Waals surface area contributed by atoms with Gasteiger partial charge in [0.05, 0.1) is 6.61 Å². The van der Waals surface area contributed by atoms with Gasteiger partial charge in [-0.15, -0.1) is 0 Å². The molecular formula is C13H24N2O4. The molecule has 0 radical (unpaired) electrons. The van der Waals surface area contributed by atoms with Crippen molar-refractivity contribution >= 4 is 17.8 Å². The molecule has 0 aromatic heterocycles. The van der Waals surface area contributed by atoms with Gasteiger partial charge in [-0.2, -0.15) is 0 Å². The summed E-state index contributed by atoms with van der Waals surface area (Å²) in [6, 6.07) is -0.790. The van der Waals surface area contributed by atoms with Crippen molar-refractivity contribution in [2.45, 2.75) is 58.4 Å². The Hall–Kier alpha value is -1.59. The summed E-state index contributed by atoms with van der Waals surface area (Å²) in [7, 11) is 0. The van der Waals surface area contributed by atoms with E-state index in [0.29, 0.717) is 6.42 Å². The lowest BCUT2D eigenvalue weighted by Gasteiger charge is -2.16. The third kappa shape index (κ3) is 9.04. The quantitative estimate of drug-likeness (QED) is 0.455. The first-order valence-corrected chi connectivity index (χ1v) is 6.75. The lowest BCUT2D eigenvalue weighted by molar-refractivity contribution is -0.147. The van der Waals surface area contributed by atoms with E-state index >= 15 is 0 Å². The zero-order valence-corrected chi connectivity index (χ0v) is 11.7. The number of primary amides is 1. The highest BCUT2D eigenvalue weighted by atomic mass is 16.5. The topological polar surface area (TPSA) is 98.5 Å². The van der Waals surface area contributed by atoms with E-state index in [0.717, 1.165) is 19.3 Å². The van der Waals surface area contributed by atoms with Crippen LogP contribution in [0.4, 0.5) is 0 Å². The van der Waals surface area contributed by atoms with Gasteiger partial charge in [-0.25, -0.2) is 4.79 Å². The van der Waals surface area contributed by atoms with E-state index in [1.807, 2.05) is 6.92 Å². The fourth-order valence-corrected chi connectivity index (χ4v) is 1.58. The highest BCUT2D eigenvalue weighted by Gasteiger charge is 2.22. The Labute approximate surface area is 114 Å². The minimum atomic E-state index is -0.790. The number of ether oxygens (including phenoxy) is 1. The van der Waals surface area contributed by atoms with Crippen LogP contribution in [-0.2, 0) is 19.1 Å². The van der Waals surface area contributed by atoms with E-state index in [1.165, 1.54) is 0 Å². The van der Waals surface area contributed by atoms with Crippen LogP contribution in [0.5, 0.6) is 0 Å². The van der Waals surface area contributed by atoms with Crippen molar-refractivity contribution in [1.29, 1.82) is 0 Å². The second-order valence-electron chi connectivity index (χ2n) is 4.33. The molecule has 0 aliphatic carbocycles. The van der Waals surface area contributed by atoms with E-state index in [1.54, 1.807) is 6.92 Å². The number of amides is 2. The number of nitrogens with one attached hydrogen (secondary N) is 1. The maximum Gasteiger partial charge on any atom is 0.328 e. The van der Waals surface area contributed by atoms with Crippen molar-refractivity contribution < 1.29 is 19.1 Å². The first kappa shape index (κ1) is 17.4. The predicted molar refractivity (Wildman–Crippen MR) is 71.1 cm³/mol. The van der Waals surface area contributed by atoms with Crippen LogP contribution < -0.4 is 11.1 Å². The smallest absolute Gasteiger partial charge is 0.328 e. The lowest BCUT2D eigenvalue weighted by atomic mass is 10.1. The summed E-state index contributed by atoms with van der Waals surface area (Å²) in [5.41, 5.74) is 5.04. The Balaban J connectivity index is 4.27. The van der Waals surface area contributed by atoms with Crippen molar-refractivity contribution in [1.82, 2.24) is 5.32 Å². The highest BCUT2D eigenvalue weighted by Crippen LogP contribution is 2.03. The van der Waals surface area contributed by atoms with E-state index in [4.69, 9.17) is 10.5 Å². The van der Waals surface area contributed by atoms with Crippen molar-refractivity contribution in [3.05, 3.63) is 0 Å². The molecule has 1 unspecified atom stereocenters. The van der Waals surface area contributed by atoms with Crippen molar-refractivity contribution in [3.63, 3.8) is 0 Å². The average Bonchev–Trinajstić information content (AvgIpc) is 2.34. The van der Waals surface area contributed by atoms with Gasteiger partial charge < -0.3 is 15.8 Å². The van der Waals surface area contributed by atoms with Gasteiger partial charge in [0.15, 0.2) is 0 Å². The summed E-state index contributed by atoms with van der Waals surface area (Å²) in [4.78, 5) is 34.0. The molecule has 6 nitrogen and oxygen atoms in total. The Morgan fingerprint density at radius 3 is 2.37 bits per heavy atom. The molecule has 2 amide bonds. The minimum absolute atomic E-state index is 0.0404. The number of carbonyl (C=O) groups is 3. The molecule has 0 saturated carbocycles. The molecule has 0 bridgehead atoms. The molecule has 0 spiro atoms. The third-order valence-electron chi connectivity index (χ3n) is 2.59. The van der Waals surface area contributed by atoms with Crippen molar-refractivity contribution in [2.75, 3.05) is 6.61 Å². The number of esters is 1. The van der Waals surface area contributed by atoms with Gasteiger partial charge in [0.25, 0.3) is 0 Å². The van der Waals surface area contributed by atoms with Gasteiger partial charge in [-0.3, -0.25) is 9.59 Å². The number of rotatable bonds is 10. The van der Waals surface area contributed by atoms with Crippen LogP contribution in [-0.4, -0.2) is 30.4 Å². The Bertz CT molecular complexity index is 305. The van der Waals surface area contributed by atoms with Crippen LogP contribution in [0, 0.1) is 0 Å². The maximum atomic E-state index is 11.6. The monoisotopic (exact) mass is 272 g/mol. The number of carbonyl (C=O) groups excluding carboxylic acids is 3. The molecule has 0 fully saturated rings. The van der Waals surface area contributed by atoms with Gasteiger partial charge in [0.1, 0.15) is 6.04 Å². The van der Waals surface area contributed by atoms with Crippen molar-refractivity contribution in [3.8, 4) is 0 Å². The molecule has 0 aromatic rings. The summed E-state index contributed by atoms with van der Waals surface area (Å²) in [6.45, 7) is 3.97. The van der Waals surface area contributed by atoms with Gasteiger partial charge in [-0.05, 0) is 19.8 Å². The molecule has 0 heterocycles. The highest BCUT2D eigenvalue weighted by molar-refractivity contribution is 5.85. The fraction of sp³-hybridized carbons (Fsp3) is 0.769. The maximum absolute atomic E-state index is 11.6. The van der Waals surface area contributed by atoms with Gasteiger partial charge in [-0.1, -0.05) is 19.8 Å². The van der Waals surface area contributed by atoms with Gasteiger partial charge in [0, 0.05) is 12.8 Å². The van der Waals surface area contributed by atoms with Crippen LogP contribution in [0.15, 0.2) is 0 Å². The largest absolute Gasteiger partial charge is 0.464 e. The summed E-state index contributed by atoms with van der Waals surface area (Å²) < 4.78 is 4.86. The molecule has 3 N–H and O–H groups in total. The summed E-state index contributed by atoms with van der Waals surface area (Å²) in [5, 5.41) is 2.59. The van der Waals surface area contributed by atoms with E-state index in [9.17, 15) is 14.4 Å². The van der Waals surface area contributed by atoms with Gasteiger partial charge in [0.2, 0.25) is 11.8 Å². The first-order valence-electron chi connectivity index (χ1n) is 6.75. The fourth-order valence-electron chi connectivity index (χ4n) is 1.58. The molecule has 6 heteroatoms. The zero-order chi connectivity index (χ0) is 14.7. The average molecular weight is 272 g/mol. The summed E-state index contributed by atoms with van der Waals surface area (Å²) in [5.74, 6) is -1.22. The zero-order valence-electron chi connectivity index (χ0n) is 11.7. The summed E-state index contributed by atoms with van der Waals surface area (Å²) >= 11 is 0. The van der Waals surface area contributed by atoms with E-state index in [2.05, 4.69) is 5.32 Å². The Morgan fingerprint density at radius 1 is 1.16 bits per heavy atom.